The Kier molecular flexibility index (Phi) is 4.39. The number of phenols is 1. The van der Waals surface area contributed by atoms with Crippen molar-refractivity contribution < 1.29 is 8.17 Å². The van der Waals surface area contributed by atoms with Crippen LogP contribution in [-0.2, 0) is 9.49 Å². The van der Waals surface area contributed by atoms with Gasteiger partial charge in [-0.2, -0.15) is 0 Å². The number of aromatic hydroxyl groups is 1. The first-order chi connectivity index (χ1) is 5.83. The van der Waals surface area contributed by atoms with Gasteiger partial charge in [0.1, 0.15) is 28.8 Å². The molecule has 0 aliphatic heterocycles. The Morgan fingerprint density at radius 3 is 2.50 bits per heavy atom. The molecule has 1 rings (SSSR count). The van der Waals surface area contributed by atoms with Gasteiger partial charge in [-0.3, -0.25) is 0 Å². The zero-order valence-electron chi connectivity index (χ0n) is 6.66. The van der Waals surface area contributed by atoms with Crippen molar-refractivity contribution in [3.8, 4) is 5.75 Å². The molecule has 3 heteroatoms. The molecule has 0 amide bonds. The second-order valence-corrected chi connectivity index (χ2v) is 3.21. The molecule has 2 nitrogen and oxygen atoms in total. The fraction of sp³-hybridized carbons (Fsp3) is 0.333. The molecule has 0 bridgehead atoms. The van der Waals surface area contributed by atoms with Crippen LogP contribution >= 0.6 is 23.0 Å². The van der Waals surface area contributed by atoms with Gasteiger partial charge in [0.15, 0.2) is 0 Å². The lowest BCUT2D eigenvalue weighted by Crippen LogP contribution is -1.89. The second kappa shape index (κ2) is 5.37. The normalized spacial score (nSPS) is 10.1. The summed E-state index contributed by atoms with van der Waals surface area (Å²) in [5.41, 5.74) is 1.24. The van der Waals surface area contributed by atoms with Gasteiger partial charge in [-0.05, 0) is 30.5 Å². The van der Waals surface area contributed by atoms with Crippen LogP contribution in [0, 0.1) is 0 Å². The Labute approximate surface area is 86.2 Å². The Morgan fingerprint density at radius 1 is 1.25 bits per heavy atom. The fourth-order valence-electron chi connectivity index (χ4n) is 0.993. The summed E-state index contributed by atoms with van der Waals surface area (Å²) in [6, 6.07) is 7.28. The van der Waals surface area contributed by atoms with Crippen molar-refractivity contribution in [2.45, 2.75) is 12.8 Å². The monoisotopic (exact) mass is 278 g/mol. The van der Waals surface area contributed by atoms with E-state index in [-0.39, 0.29) is 0 Å². The van der Waals surface area contributed by atoms with Gasteiger partial charge in [-0.1, -0.05) is 12.1 Å². The molecule has 0 aromatic heterocycles. The third kappa shape index (κ3) is 3.40. The van der Waals surface area contributed by atoms with Gasteiger partial charge < -0.3 is 8.17 Å². The first kappa shape index (κ1) is 9.80. The number of hydrogen-bond acceptors (Lipinski definition) is 2. The lowest BCUT2D eigenvalue weighted by molar-refractivity contribution is 0.414. The molecule has 0 atom stereocenters. The molecule has 0 aliphatic rings. The summed E-state index contributed by atoms with van der Waals surface area (Å²) in [7, 11) is 0. The van der Waals surface area contributed by atoms with E-state index in [1.165, 1.54) is 5.56 Å². The lowest BCUT2D eigenvalue weighted by atomic mass is 10.1. The first-order valence-electron chi connectivity index (χ1n) is 3.84. The third-order valence-electron chi connectivity index (χ3n) is 1.62. The molecular formula is C9H11IO2. The van der Waals surface area contributed by atoms with Crippen molar-refractivity contribution in [1.82, 2.24) is 0 Å². The van der Waals surface area contributed by atoms with Gasteiger partial charge in [0.05, 0.1) is 6.61 Å². The van der Waals surface area contributed by atoms with E-state index in [2.05, 4.69) is 0 Å². The highest BCUT2D eigenvalue weighted by Crippen LogP contribution is 2.11. The minimum absolute atomic E-state index is 0.323. The fourth-order valence-corrected chi connectivity index (χ4v) is 1.30. The second-order valence-electron chi connectivity index (χ2n) is 2.58. The number of hydrogen-bond donors (Lipinski definition) is 1. The molecule has 1 aromatic rings. The van der Waals surface area contributed by atoms with E-state index in [1.807, 2.05) is 35.1 Å². The highest BCUT2D eigenvalue weighted by atomic mass is 127. The number of rotatable bonds is 4. The lowest BCUT2D eigenvalue weighted by Gasteiger charge is -1.99. The van der Waals surface area contributed by atoms with E-state index >= 15 is 0 Å². The predicted octanol–water partition coefficient (Wildman–Crippen LogP) is 2.69. The van der Waals surface area contributed by atoms with Gasteiger partial charge in [0.2, 0.25) is 0 Å². The average molecular weight is 278 g/mol. The summed E-state index contributed by atoms with van der Waals surface area (Å²) in [6.45, 7) is 0.779. The standard InChI is InChI=1S/C9H11IO2/c10-12-7-1-2-8-3-5-9(11)6-4-8/h3-6,11H,1-2,7H2. The van der Waals surface area contributed by atoms with Gasteiger partial charge in [-0.25, -0.2) is 0 Å². The van der Waals surface area contributed by atoms with E-state index < -0.39 is 0 Å². The van der Waals surface area contributed by atoms with Crippen LogP contribution in [0.3, 0.4) is 0 Å². The van der Waals surface area contributed by atoms with Crippen LogP contribution in [0.1, 0.15) is 12.0 Å². The maximum absolute atomic E-state index is 9.00. The maximum atomic E-state index is 9.00. The molecule has 0 saturated heterocycles. The molecule has 1 N–H and O–H groups in total. The van der Waals surface area contributed by atoms with Crippen LogP contribution in [0.15, 0.2) is 24.3 Å². The van der Waals surface area contributed by atoms with Crippen molar-refractivity contribution in [1.29, 1.82) is 0 Å². The summed E-state index contributed by atoms with van der Waals surface area (Å²) in [4.78, 5) is 0. The van der Waals surface area contributed by atoms with Crippen molar-refractivity contribution in [2.75, 3.05) is 6.61 Å². The Balaban J connectivity index is 2.37. The summed E-state index contributed by atoms with van der Waals surface area (Å²) in [6.07, 6.45) is 2.02. The van der Waals surface area contributed by atoms with Crippen LogP contribution < -0.4 is 0 Å². The highest BCUT2D eigenvalue weighted by Gasteiger charge is 1.92. The molecule has 0 saturated carbocycles. The Bertz CT molecular complexity index is 220. The molecule has 66 valence electrons. The molecule has 0 aliphatic carbocycles. The number of halogens is 1. The van der Waals surface area contributed by atoms with Crippen LogP contribution in [0.25, 0.3) is 0 Å². The van der Waals surface area contributed by atoms with Crippen LogP contribution in [0.2, 0.25) is 0 Å². The molecule has 0 fully saturated rings. The summed E-state index contributed by atoms with van der Waals surface area (Å²) in [5.74, 6) is 0.323. The largest absolute Gasteiger partial charge is 0.508 e. The highest BCUT2D eigenvalue weighted by molar-refractivity contribution is 14.1. The number of phenolic OH excluding ortho intramolecular Hbond substituents is 1. The minimum atomic E-state index is 0.323. The zero-order chi connectivity index (χ0) is 8.81. The quantitative estimate of drug-likeness (QED) is 0.677. The average Bonchev–Trinajstić information content (AvgIpc) is 2.09. The van der Waals surface area contributed by atoms with Crippen LogP contribution in [0.4, 0.5) is 0 Å². The van der Waals surface area contributed by atoms with Crippen molar-refractivity contribution in [3.05, 3.63) is 29.8 Å². The molecular weight excluding hydrogens is 267 g/mol. The molecule has 0 spiro atoms. The Morgan fingerprint density at radius 2 is 1.92 bits per heavy atom. The van der Waals surface area contributed by atoms with E-state index in [0.29, 0.717) is 5.75 Å². The topological polar surface area (TPSA) is 29.5 Å². The van der Waals surface area contributed by atoms with Crippen molar-refractivity contribution >= 4 is 23.0 Å². The maximum Gasteiger partial charge on any atom is 0.115 e. The molecule has 0 unspecified atom stereocenters. The van der Waals surface area contributed by atoms with Crippen molar-refractivity contribution in [2.24, 2.45) is 0 Å². The van der Waals surface area contributed by atoms with Gasteiger partial charge in [0, 0.05) is 0 Å². The van der Waals surface area contributed by atoms with E-state index in [9.17, 15) is 0 Å². The summed E-state index contributed by atoms with van der Waals surface area (Å²) < 4.78 is 4.91. The number of aryl methyl sites for hydroxylation is 1. The zero-order valence-corrected chi connectivity index (χ0v) is 8.82. The van der Waals surface area contributed by atoms with E-state index in [1.54, 1.807) is 12.1 Å². The molecule has 1 aromatic carbocycles. The molecule has 12 heavy (non-hydrogen) atoms. The smallest absolute Gasteiger partial charge is 0.115 e. The SMILES string of the molecule is Oc1ccc(CCCOI)cc1. The van der Waals surface area contributed by atoms with Crippen molar-refractivity contribution in [3.63, 3.8) is 0 Å². The van der Waals surface area contributed by atoms with Gasteiger partial charge in [0.25, 0.3) is 0 Å². The van der Waals surface area contributed by atoms with E-state index in [4.69, 9.17) is 8.17 Å². The van der Waals surface area contributed by atoms with E-state index in [0.717, 1.165) is 19.4 Å². The minimum Gasteiger partial charge on any atom is -0.508 e. The van der Waals surface area contributed by atoms with Gasteiger partial charge >= 0.3 is 0 Å². The van der Waals surface area contributed by atoms with Crippen LogP contribution in [0.5, 0.6) is 5.75 Å². The molecule has 0 heterocycles. The summed E-state index contributed by atoms with van der Waals surface area (Å²) in [5, 5.41) is 9.00. The van der Waals surface area contributed by atoms with Crippen LogP contribution in [-0.4, -0.2) is 11.7 Å². The summed E-state index contributed by atoms with van der Waals surface area (Å²) >= 11 is 1.90. The first-order valence-corrected chi connectivity index (χ1v) is 4.72. The van der Waals surface area contributed by atoms with Gasteiger partial charge in [-0.15, -0.1) is 0 Å². The molecule has 0 radical (unpaired) electrons. The predicted molar refractivity (Wildman–Crippen MR) is 56.4 cm³/mol. The number of benzene rings is 1. The Hall–Kier alpha value is -0.290. The third-order valence-corrected chi connectivity index (χ3v) is 2.06.